The second-order valence-corrected chi connectivity index (χ2v) is 106. The lowest BCUT2D eigenvalue weighted by atomic mass is 10.4. The van der Waals surface area contributed by atoms with Gasteiger partial charge in [0.25, 0.3) is 34.4 Å². The number of rotatable bonds is 6. The monoisotopic (exact) mass is 1110 g/mol. The van der Waals surface area contributed by atoms with Crippen molar-refractivity contribution < 1.29 is 0 Å². The second kappa shape index (κ2) is 20.4. The molecular weight excluding hydrogens is 1090 g/mol. The van der Waals surface area contributed by atoms with Crippen molar-refractivity contribution >= 4 is 215 Å². The van der Waals surface area contributed by atoms with Crippen molar-refractivity contribution in [3.63, 3.8) is 0 Å². The lowest BCUT2D eigenvalue weighted by molar-refractivity contribution is 1.74. The van der Waals surface area contributed by atoms with Gasteiger partial charge >= 0.3 is 0 Å². The van der Waals surface area contributed by atoms with E-state index in [0.29, 0.717) is 0 Å². The van der Waals surface area contributed by atoms with Gasteiger partial charge in [0, 0.05) is 0 Å². The summed E-state index contributed by atoms with van der Waals surface area (Å²) in [5.74, 6) is 0. The molecule has 0 nitrogen and oxygen atoms in total. The topological polar surface area (TPSA) is 0 Å². The molecule has 0 unspecified atom stereocenters. The van der Waals surface area contributed by atoms with Crippen LogP contribution in [0.1, 0.15) is 0 Å². The molecule has 0 aliphatic carbocycles. The SMILES string of the molecule is Cl[Si]1(Cl)[Si](Cl)(Cl)[Si](Cl)(Cl)[Si](Cl)(Cl)[Si](Cl)(Cl)[Si]1(Cl)Cl.c1ccc(P(c2ccccc2)c2ccccc2)cc1.c1ccc(P(c2ccccc2)c2ccccc2)cc1. The number of benzene rings is 6. The molecule has 0 bridgehead atoms. The van der Waals surface area contributed by atoms with E-state index in [1.807, 2.05) is 0 Å². The van der Waals surface area contributed by atoms with E-state index in [1.165, 1.54) is 31.8 Å². The van der Waals surface area contributed by atoms with Gasteiger partial charge in [0.15, 0.2) is 0 Å². The van der Waals surface area contributed by atoms with Gasteiger partial charge in [-0.15, -0.1) is 133 Å². The first kappa shape index (κ1) is 48.0. The lowest BCUT2D eigenvalue weighted by Crippen LogP contribution is -2.93. The third kappa shape index (κ3) is 9.93. The van der Waals surface area contributed by atoms with Crippen LogP contribution in [0.25, 0.3) is 0 Å². The molecule has 0 radical (unpaired) electrons. The molecule has 292 valence electrons. The highest BCUT2D eigenvalue weighted by Crippen LogP contribution is 2.66. The van der Waals surface area contributed by atoms with Crippen molar-refractivity contribution in [1.29, 1.82) is 0 Å². The molecule has 20 heteroatoms. The fourth-order valence-corrected chi connectivity index (χ4v) is 296. The second-order valence-electron chi connectivity index (χ2n) is 12.1. The van der Waals surface area contributed by atoms with Gasteiger partial charge in [0.1, 0.15) is 0 Å². The molecule has 0 aromatic heterocycles. The van der Waals surface area contributed by atoms with Crippen LogP contribution < -0.4 is 31.8 Å². The third-order valence-corrected chi connectivity index (χ3v) is 203. The van der Waals surface area contributed by atoms with Gasteiger partial charge < -0.3 is 0 Å². The van der Waals surface area contributed by atoms with Gasteiger partial charge in [-0.1, -0.05) is 182 Å². The van der Waals surface area contributed by atoms with Crippen LogP contribution in [0, 0.1) is 0 Å². The van der Waals surface area contributed by atoms with Crippen LogP contribution in [-0.2, 0) is 0 Å². The maximum absolute atomic E-state index is 6.29. The first-order valence-corrected chi connectivity index (χ1v) is 49.4. The standard InChI is InChI=1S/2C18H15P.Cl12Si6/c2*1-4-10-16(11-5-1)19(17-12-6-2-7-13-17)18-14-8-3-9-15-18;1-13(2)14(3,4)16(7,8)18(11,12)17(9,10)15(13,5)6/h2*1-15H;. The summed E-state index contributed by atoms with van der Waals surface area (Å²) in [7, 11) is -0.892. The summed E-state index contributed by atoms with van der Waals surface area (Å²) in [4.78, 5) is 0. The maximum atomic E-state index is 6.29. The molecular formula is C36H30Cl12P2Si6. The normalized spacial score (nSPS) is 18.1. The Morgan fingerprint density at radius 2 is 0.304 bits per heavy atom. The van der Waals surface area contributed by atoms with Crippen LogP contribution in [0.4, 0.5) is 0 Å². The molecule has 1 saturated heterocycles. The average molecular weight is 1120 g/mol. The molecule has 7 rings (SSSR count). The fraction of sp³-hybridized carbons (Fsp3) is 0. The Balaban J connectivity index is 0.000000161. The van der Waals surface area contributed by atoms with E-state index in [4.69, 9.17) is 133 Å². The molecule has 0 saturated carbocycles. The first-order chi connectivity index (χ1) is 26.4. The summed E-state index contributed by atoms with van der Waals surface area (Å²) in [6.07, 6.45) is 0. The van der Waals surface area contributed by atoms with E-state index in [2.05, 4.69) is 182 Å². The van der Waals surface area contributed by atoms with Crippen molar-refractivity contribution in [3.05, 3.63) is 182 Å². The Labute approximate surface area is 392 Å². The van der Waals surface area contributed by atoms with E-state index in [9.17, 15) is 0 Å². The van der Waals surface area contributed by atoms with Crippen molar-refractivity contribution in [3.8, 4) is 0 Å². The molecule has 0 N–H and O–H groups in total. The minimum atomic E-state index is -3.66. The largest absolute Gasteiger partial charge is 0.295 e. The Bertz CT molecular complexity index is 1710. The zero-order chi connectivity index (χ0) is 40.8. The zero-order valence-electron chi connectivity index (χ0n) is 28.8. The minimum absolute atomic E-state index is 0.446. The quantitative estimate of drug-likeness (QED) is 0.0886. The van der Waals surface area contributed by atoms with E-state index >= 15 is 0 Å². The highest BCUT2D eigenvalue weighted by Gasteiger charge is 2.95. The average Bonchev–Trinajstić information content (AvgIpc) is 3.20. The molecule has 1 aliphatic rings. The Hall–Kier alpha value is 0.961. The van der Waals surface area contributed by atoms with E-state index in [1.54, 1.807) is 0 Å². The van der Waals surface area contributed by atoms with Crippen molar-refractivity contribution in [2.24, 2.45) is 0 Å². The summed E-state index contributed by atoms with van der Waals surface area (Å²) in [5, 5.41) is 8.39. The summed E-state index contributed by atoms with van der Waals surface area (Å²) in [6.45, 7) is 0. The Kier molecular flexibility index (Phi) is 17.5. The summed E-state index contributed by atoms with van der Waals surface area (Å²) in [5.41, 5.74) is -22.0. The van der Waals surface area contributed by atoms with Gasteiger partial charge in [0.05, 0.1) is 0 Å². The van der Waals surface area contributed by atoms with Gasteiger partial charge in [-0.25, -0.2) is 0 Å². The lowest BCUT2D eigenvalue weighted by Gasteiger charge is -2.54. The van der Waals surface area contributed by atoms with Crippen LogP contribution >= 0.6 is 149 Å². The summed E-state index contributed by atoms with van der Waals surface area (Å²) >= 11 is 75.5. The molecule has 0 atom stereocenters. The van der Waals surface area contributed by atoms with Gasteiger partial charge in [-0.2, -0.15) is 0 Å². The summed E-state index contributed by atoms with van der Waals surface area (Å²) in [6, 6.07) is 64.7. The first-order valence-electron chi connectivity index (χ1n) is 16.6. The minimum Gasteiger partial charge on any atom is -0.148 e. The third-order valence-electron chi connectivity index (χ3n) is 8.45. The number of halogens is 12. The predicted octanol–water partition coefficient (Wildman–Crippen LogP) is 12.9. The van der Waals surface area contributed by atoms with Crippen LogP contribution in [0.2, 0.25) is 0 Å². The van der Waals surface area contributed by atoms with Crippen LogP contribution in [0.3, 0.4) is 0 Å². The molecule has 6 aromatic carbocycles. The molecule has 0 spiro atoms. The van der Waals surface area contributed by atoms with E-state index in [0.717, 1.165) is 0 Å². The molecule has 1 aliphatic heterocycles. The van der Waals surface area contributed by atoms with E-state index < -0.39 is 50.2 Å². The maximum Gasteiger partial charge on any atom is 0.295 e. The van der Waals surface area contributed by atoms with Crippen LogP contribution in [-0.4, -0.2) is 34.4 Å². The predicted molar refractivity (Wildman–Crippen MR) is 275 cm³/mol. The molecule has 0 amide bonds. The number of hydrogen-bond acceptors (Lipinski definition) is 0. The van der Waals surface area contributed by atoms with Crippen molar-refractivity contribution in [2.45, 2.75) is 0 Å². The zero-order valence-corrected chi connectivity index (χ0v) is 45.6. The van der Waals surface area contributed by atoms with Crippen molar-refractivity contribution in [1.82, 2.24) is 0 Å². The van der Waals surface area contributed by atoms with Gasteiger partial charge in [0.2, 0.25) is 0 Å². The van der Waals surface area contributed by atoms with E-state index in [-0.39, 0.29) is 0 Å². The van der Waals surface area contributed by atoms with Crippen molar-refractivity contribution in [2.75, 3.05) is 0 Å². The molecule has 1 fully saturated rings. The summed E-state index contributed by atoms with van der Waals surface area (Å²) < 4.78 is 0. The van der Waals surface area contributed by atoms with Crippen LogP contribution in [0.5, 0.6) is 0 Å². The smallest absolute Gasteiger partial charge is 0.148 e. The van der Waals surface area contributed by atoms with Crippen LogP contribution in [0.15, 0.2) is 182 Å². The molecule has 6 aromatic rings. The molecule has 1 heterocycles. The Morgan fingerprint density at radius 1 is 0.196 bits per heavy atom. The highest BCUT2D eigenvalue weighted by atomic mass is 35.8. The number of hydrogen-bond donors (Lipinski definition) is 0. The van der Waals surface area contributed by atoms with Gasteiger partial charge in [-0.3, -0.25) is 0 Å². The molecule has 56 heavy (non-hydrogen) atoms. The fourth-order valence-electron chi connectivity index (χ4n) is 5.54. The highest BCUT2D eigenvalue weighted by molar-refractivity contribution is 8.52. The Morgan fingerprint density at radius 3 is 0.411 bits per heavy atom. The van der Waals surface area contributed by atoms with Gasteiger partial charge in [-0.05, 0) is 47.7 Å².